The first-order chi connectivity index (χ1) is 8.58. The Hall–Kier alpha value is -1.80. The fourth-order valence-electron chi connectivity index (χ4n) is 1.36. The fourth-order valence-corrected chi connectivity index (χ4v) is 1.72. The first-order valence-corrected chi connectivity index (χ1v) is 6.22. The Kier molecular flexibility index (Phi) is 5.40. The maximum absolute atomic E-state index is 11.7. The predicted molar refractivity (Wildman–Crippen MR) is 75.1 cm³/mol. The van der Waals surface area contributed by atoms with Crippen molar-refractivity contribution in [2.24, 2.45) is 0 Å². The molecule has 0 spiro atoms. The van der Waals surface area contributed by atoms with E-state index in [1.165, 1.54) is 0 Å². The Morgan fingerprint density at radius 3 is 3.00 bits per heavy atom. The number of carbonyl (C=O) groups is 1. The molecule has 0 aliphatic heterocycles. The first kappa shape index (κ1) is 14.3. The molecule has 4 nitrogen and oxygen atoms in total. The van der Waals surface area contributed by atoms with Crippen LogP contribution in [0.25, 0.3) is 0 Å². The molecule has 1 aromatic carbocycles. The summed E-state index contributed by atoms with van der Waals surface area (Å²) in [5.74, 6) is -0.140. The van der Waals surface area contributed by atoms with Gasteiger partial charge in [-0.1, -0.05) is 22.0 Å². The zero-order chi connectivity index (χ0) is 13.5. The lowest BCUT2D eigenvalue weighted by Gasteiger charge is -2.15. The van der Waals surface area contributed by atoms with Crippen LogP contribution in [0.4, 0.5) is 5.69 Å². The van der Waals surface area contributed by atoms with Gasteiger partial charge in [-0.2, -0.15) is 5.26 Å². The molecule has 18 heavy (non-hydrogen) atoms. The maximum atomic E-state index is 11.7. The Morgan fingerprint density at radius 1 is 1.67 bits per heavy atom. The minimum Gasteiger partial charge on any atom is -0.373 e. The van der Waals surface area contributed by atoms with Crippen molar-refractivity contribution >= 4 is 27.5 Å². The van der Waals surface area contributed by atoms with Crippen molar-refractivity contribution in [1.29, 1.82) is 5.26 Å². The van der Waals surface area contributed by atoms with Crippen LogP contribution in [0.5, 0.6) is 0 Å². The van der Waals surface area contributed by atoms with Gasteiger partial charge in [0.2, 0.25) is 5.91 Å². The Balaban J connectivity index is 2.78. The molecule has 0 saturated heterocycles. The molecule has 0 fully saturated rings. The van der Waals surface area contributed by atoms with E-state index in [1.54, 1.807) is 31.2 Å². The molecule has 5 heteroatoms. The van der Waals surface area contributed by atoms with E-state index in [0.29, 0.717) is 17.8 Å². The van der Waals surface area contributed by atoms with Crippen molar-refractivity contribution in [2.75, 3.05) is 11.9 Å². The SMILES string of the molecule is C=CCNC(=O)C(C)Nc1cc(Br)ccc1C#N. The average molecular weight is 308 g/mol. The van der Waals surface area contributed by atoms with E-state index in [0.717, 1.165) is 4.47 Å². The summed E-state index contributed by atoms with van der Waals surface area (Å²) >= 11 is 3.33. The summed E-state index contributed by atoms with van der Waals surface area (Å²) in [6.07, 6.45) is 1.62. The molecule has 0 heterocycles. The van der Waals surface area contributed by atoms with Gasteiger partial charge in [-0.3, -0.25) is 4.79 Å². The van der Waals surface area contributed by atoms with E-state index in [1.807, 2.05) is 0 Å². The van der Waals surface area contributed by atoms with Gasteiger partial charge in [-0.25, -0.2) is 0 Å². The summed E-state index contributed by atoms with van der Waals surface area (Å²) in [6, 6.07) is 6.91. The Labute approximate surface area is 115 Å². The van der Waals surface area contributed by atoms with Crippen molar-refractivity contribution in [3.05, 3.63) is 40.9 Å². The van der Waals surface area contributed by atoms with Crippen LogP contribution in [-0.4, -0.2) is 18.5 Å². The molecule has 0 aliphatic rings. The molecule has 0 bridgehead atoms. The van der Waals surface area contributed by atoms with Gasteiger partial charge in [-0.15, -0.1) is 6.58 Å². The third-order valence-corrected chi connectivity index (χ3v) is 2.78. The van der Waals surface area contributed by atoms with Gasteiger partial charge in [0.1, 0.15) is 12.1 Å². The molecule has 0 aromatic heterocycles. The molecule has 0 aliphatic carbocycles. The summed E-state index contributed by atoms with van der Waals surface area (Å²) in [6.45, 7) is 5.69. The van der Waals surface area contributed by atoms with E-state index in [9.17, 15) is 4.79 Å². The summed E-state index contributed by atoms with van der Waals surface area (Å²) in [5.41, 5.74) is 1.13. The number of rotatable bonds is 5. The third-order valence-electron chi connectivity index (χ3n) is 2.29. The molecule has 1 aromatic rings. The number of carbonyl (C=O) groups excluding carboxylic acids is 1. The van der Waals surface area contributed by atoms with Crippen molar-refractivity contribution in [3.63, 3.8) is 0 Å². The van der Waals surface area contributed by atoms with E-state index in [2.05, 4.69) is 39.2 Å². The summed E-state index contributed by atoms with van der Waals surface area (Å²) in [5, 5.41) is 14.7. The number of hydrogen-bond acceptors (Lipinski definition) is 3. The van der Waals surface area contributed by atoms with Gasteiger partial charge in [0.25, 0.3) is 0 Å². The second kappa shape index (κ2) is 6.82. The Morgan fingerprint density at radius 2 is 2.39 bits per heavy atom. The topological polar surface area (TPSA) is 64.9 Å². The van der Waals surface area contributed by atoms with Crippen molar-refractivity contribution in [3.8, 4) is 6.07 Å². The molecule has 0 radical (unpaired) electrons. The highest BCUT2D eigenvalue weighted by molar-refractivity contribution is 9.10. The molecular weight excluding hydrogens is 294 g/mol. The van der Waals surface area contributed by atoms with E-state index >= 15 is 0 Å². The van der Waals surface area contributed by atoms with Gasteiger partial charge < -0.3 is 10.6 Å². The second-order valence-corrected chi connectivity index (χ2v) is 4.62. The number of amides is 1. The lowest BCUT2D eigenvalue weighted by molar-refractivity contribution is -0.121. The largest absolute Gasteiger partial charge is 0.373 e. The number of nitrogens with one attached hydrogen (secondary N) is 2. The summed E-state index contributed by atoms with van der Waals surface area (Å²) in [4.78, 5) is 11.7. The average Bonchev–Trinajstić information content (AvgIpc) is 2.36. The van der Waals surface area contributed by atoms with Gasteiger partial charge in [0.05, 0.1) is 11.3 Å². The smallest absolute Gasteiger partial charge is 0.242 e. The van der Waals surface area contributed by atoms with Crippen molar-refractivity contribution in [2.45, 2.75) is 13.0 Å². The minimum atomic E-state index is -0.425. The summed E-state index contributed by atoms with van der Waals surface area (Å²) in [7, 11) is 0. The van der Waals surface area contributed by atoms with Crippen LogP contribution in [0.2, 0.25) is 0 Å². The lowest BCUT2D eigenvalue weighted by Crippen LogP contribution is -2.37. The van der Waals surface area contributed by atoms with Crippen molar-refractivity contribution < 1.29 is 4.79 Å². The van der Waals surface area contributed by atoms with Crippen LogP contribution >= 0.6 is 15.9 Å². The zero-order valence-corrected chi connectivity index (χ0v) is 11.6. The minimum absolute atomic E-state index is 0.140. The molecule has 0 saturated carbocycles. The monoisotopic (exact) mass is 307 g/mol. The number of hydrogen-bond donors (Lipinski definition) is 2. The summed E-state index contributed by atoms with van der Waals surface area (Å²) < 4.78 is 0.850. The van der Waals surface area contributed by atoms with Crippen LogP contribution < -0.4 is 10.6 Å². The highest BCUT2D eigenvalue weighted by Crippen LogP contribution is 2.21. The molecule has 94 valence electrons. The Bertz CT molecular complexity index is 493. The highest BCUT2D eigenvalue weighted by atomic mass is 79.9. The quantitative estimate of drug-likeness (QED) is 0.821. The van der Waals surface area contributed by atoms with Crippen LogP contribution in [0, 0.1) is 11.3 Å². The highest BCUT2D eigenvalue weighted by Gasteiger charge is 2.13. The third kappa shape index (κ3) is 3.90. The number of benzene rings is 1. The zero-order valence-electron chi connectivity index (χ0n) is 10.0. The molecule has 1 rings (SSSR count). The first-order valence-electron chi connectivity index (χ1n) is 5.43. The molecule has 1 unspecified atom stereocenters. The standard InChI is InChI=1S/C13H14BrN3O/c1-3-6-16-13(18)9(2)17-12-7-11(14)5-4-10(12)8-15/h3-5,7,9,17H,1,6H2,2H3,(H,16,18). The molecule has 1 amide bonds. The van der Waals surface area contributed by atoms with E-state index < -0.39 is 6.04 Å². The van der Waals surface area contributed by atoms with Gasteiger partial charge in [-0.05, 0) is 25.1 Å². The molecule has 2 N–H and O–H groups in total. The second-order valence-electron chi connectivity index (χ2n) is 3.70. The normalized spacial score (nSPS) is 11.2. The van der Waals surface area contributed by atoms with E-state index in [-0.39, 0.29) is 5.91 Å². The van der Waals surface area contributed by atoms with Crippen LogP contribution in [0.3, 0.4) is 0 Å². The van der Waals surface area contributed by atoms with Gasteiger partial charge in [0, 0.05) is 11.0 Å². The predicted octanol–water partition coefficient (Wildman–Crippen LogP) is 2.42. The number of halogens is 1. The van der Waals surface area contributed by atoms with Crippen LogP contribution in [0.1, 0.15) is 12.5 Å². The van der Waals surface area contributed by atoms with Gasteiger partial charge in [0.15, 0.2) is 0 Å². The lowest BCUT2D eigenvalue weighted by atomic mass is 10.1. The number of nitriles is 1. The van der Waals surface area contributed by atoms with Crippen LogP contribution in [0.15, 0.2) is 35.3 Å². The molecular formula is C13H14BrN3O. The van der Waals surface area contributed by atoms with Gasteiger partial charge >= 0.3 is 0 Å². The molecule has 1 atom stereocenters. The van der Waals surface area contributed by atoms with Crippen LogP contribution in [-0.2, 0) is 4.79 Å². The van der Waals surface area contributed by atoms with Crippen molar-refractivity contribution in [1.82, 2.24) is 5.32 Å². The fraction of sp³-hybridized carbons (Fsp3) is 0.231. The maximum Gasteiger partial charge on any atom is 0.242 e. The number of anilines is 1. The number of nitrogens with zero attached hydrogens (tertiary/aromatic N) is 1. The van der Waals surface area contributed by atoms with E-state index in [4.69, 9.17) is 5.26 Å².